The van der Waals surface area contributed by atoms with Crippen molar-refractivity contribution in [1.82, 2.24) is 5.32 Å². The lowest BCUT2D eigenvalue weighted by Gasteiger charge is -2.19. The molecule has 0 saturated heterocycles. The van der Waals surface area contributed by atoms with Gasteiger partial charge in [0, 0.05) is 6.42 Å². The first kappa shape index (κ1) is 22.7. The van der Waals surface area contributed by atoms with Gasteiger partial charge in [-0.3, -0.25) is 4.79 Å². The van der Waals surface area contributed by atoms with Crippen LogP contribution in [-0.2, 0) is 16.0 Å². The molecule has 0 saturated carbocycles. The number of methoxy groups -OCH3 is 1. The minimum absolute atomic E-state index is 0.310. The number of amides is 1. The summed E-state index contributed by atoms with van der Waals surface area (Å²) in [5.41, 5.74) is 3.13. The number of aryl methyl sites for hydroxylation is 1. The molecule has 2 N–H and O–H groups in total. The average Bonchev–Trinajstić information content (AvgIpc) is 2.79. The number of carbonyl (C=O) groups is 2. The number of esters is 1. The Kier molecular flexibility index (Phi) is 7.55. The van der Waals surface area contributed by atoms with Gasteiger partial charge in [-0.1, -0.05) is 71.7 Å². The van der Waals surface area contributed by atoms with Gasteiger partial charge < -0.3 is 15.4 Å². The van der Waals surface area contributed by atoms with Crippen molar-refractivity contribution in [1.29, 1.82) is 0 Å². The number of nitrogens with one attached hydrogen (secondary N) is 2. The van der Waals surface area contributed by atoms with E-state index in [0.717, 1.165) is 11.1 Å². The summed E-state index contributed by atoms with van der Waals surface area (Å²) in [5, 5.41) is 6.84. The topological polar surface area (TPSA) is 67.4 Å². The second-order valence-corrected chi connectivity index (χ2v) is 7.75. The second-order valence-electron chi connectivity index (χ2n) is 6.96. The zero-order valence-corrected chi connectivity index (χ0v) is 18.6. The third-order valence-corrected chi connectivity index (χ3v) is 5.59. The maximum atomic E-state index is 13.1. The first-order valence-electron chi connectivity index (χ1n) is 9.64. The van der Waals surface area contributed by atoms with Gasteiger partial charge in [0.05, 0.1) is 34.1 Å². The monoisotopic (exact) mass is 456 g/mol. The van der Waals surface area contributed by atoms with E-state index in [-0.39, 0.29) is 0 Å². The average molecular weight is 457 g/mol. The summed E-state index contributed by atoms with van der Waals surface area (Å²) in [6, 6.07) is 19.1. The number of halogens is 2. The molecular weight excluding hydrogens is 435 g/mol. The van der Waals surface area contributed by atoms with E-state index in [1.807, 2.05) is 43.3 Å². The maximum Gasteiger partial charge on any atom is 0.328 e. The van der Waals surface area contributed by atoms with Crippen LogP contribution in [0.5, 0.6) is 0 Å². The van der Waals surface area contributed by atoms with Gasteiger partial charge in [-0.05, 0) is 36.2 Å². The first-order valence-corrected chi connectivity index (χ1v) is 10.4. The molecule has 5 nitrogen and oxygen atoms in total. The van der Waals surface area contributed by atoms with Crippen molar-refractivity contribution >= 4 is 46.5 Å². The van der Waals surface area contributed by atoms with E-state index in [1.54, 1.807) is 30.3 Å². The first-order chi connectivity index (χ1) is 14.9. The molecule has 0 aromatic heterocycles. The molecule has 0 unspecified atom stereocenters. The highest BCUT2D eigenvalue weighted by Gasteiger charge is 2.24. The van der Waals surface area contributed by atoms with Gasteiger partial charge in [0.15, 0.2) is 0 Å². The van der Waals surface area contributed by atoms with Gasteiger partial charge in [-0.15, -0.1) is 0 Å². The van der Waals surface area contributed by atoms with Crippen LogP contribution < -0.4 is 10.6 Å². The molecule has 3 rings (SSSR count). The van der Waals surface area contributed by atoms with Gasteiger partial charge in [-0.25, -0.2) is 4.79 Å². The maximum absolute atomic E-state index is 13.1. The normalized spacial score (nSPS) is 11.5. The van der Waals surface area contributed by atoms with E-state index >= 15 is 0 Å². The van der Waals surface area contributed by atoms with Crippen LogP contribution in [0.4, 0.5) is 11.4 Å². The fraction of sp³-hybridized carbons (Fsp3) is 0.167. The summed E-state index contributed by atoms with van der Waals surface area (Å²) in [5.74, 6) is -0.943. The predicted octanol–water partition coefficient (Wildman–Crippen LogP) is 5.56. The highest BCUT2D eigenvalue weighted by molar-refractivity contribution is 6.39. The third kappa shape index (κ3) is 5.57. The number of anilines is 2. The molecule has 3 aromatic carbocycles. The molecule has 0 fully saturated rings. The third-order valence-electron chi connectivity index (χ3n) is 4.79. The molecule has 0 spiro atoms. The van der Waals surface area contributed by atoms with Crippen LogP contribution >= 0.6 is 23.2 Å². The zero-order chi connectivity index (χ0) is 22.4. The minimum Gasteiger partial charge on any atom is -0.467 e. The van der Waals surface area contributed by atoms with E-state index in [4.69, 9.17) is 27.9 Å². The van der Waals surface area contributed by atoms with Crippen LogP contribution in [0.2, 0.25) is 10.0 Å². The fourth-order valence-electron chi connectivity index (χ4n) is 3.12. The molecule has 3 aromatic rings. The largest absolute Gasteiger partial charge is 0.467 e. The van der Waals surface area contributed by atoms with Crippen LogP contribution in [0.3, 0.4) is 0 Å². The Morgan fingerprint density at radius 1 is 0.968 bits per heavy atom. The fourth-order valence-corrected chi connectivity index (χ4v) is 3.58. The molecule has 1 amide bonds. The van der Waals surface area contributed by atoms with Gasteiger partial charge >= 0.3 is 5.97 Å². The van der Waals surface area contributed by atoms with E-state index < -0.39 is 17.9 Å². The van der Waals surface area contributed by atoms with Gasteiger partial charge in [0.1, 0.15) is 6.04 Å². The number of ether oxygens (including phenoxy) is 1. The summed E-state index contributed by atoms with van der Waals surface area (Å²) in [7, 11) is 1.30. The summed E-state index contributed by atoms with van der Waals surface area (Å²) in [6.45, 7) is 1.87. The minimum atomic E-state index is -0.834. The van der Waals surface area contributed by atoms with E-state index in [1.165, 1.54) is 7.11 Å². The zero-order valence-electron chi connectivity index (χ0n) is 17.1. The smallest absolute Gasteiger partial charge is 0.328 e. The highest BCUT2D eigenvalue weighted by Crippen LogP contribution is 2.35. The van der Waals surface area contributed by atoms with E-state index in [0.29, 0.717) is 33.4 Å². The van der Waals surface area contributed by atoms with Gasteiger partial charge in [0.2, 0.25) is 0 Å². The van der Waals surface area contributed by atoms with Gasteiger partial charge in [0.25, 0.3) is 5.91 Å². The summed E-state index contributed by atoms with van der Waals surface area (Å²) >= 11 is 12.7. The Bertz CT molecular complexity index is 1090. The van der Waals surface area contributed by atoms with Crippen LogP contribution in [0, 0.1) is 6.92 Å². The molecule has 7 heteroatoms. The van der Waals surface area contributed by atoms with Crippen LogP contribution in [0.15, 0.2) is 66.7 Å². The Balaban J connectivity index is 1.86. The Morgan fingerprint density at radius 3 is 2.35 bits per heavy atom. The number of carbonyl (C=O) groups excluding carboxylic acids is 2. The van der Waals surface area contributed by atoms with Crippen molar-refractivity contribution in [3.05, 3.63) is 93.5 Å². The highest BCUT2D eigenvalue weighted by atomic mass is 35.5. The molecule has 0 bridgehead atoms. The Hall–Kier alpha value is -3.02. The second kappa shape index (κ2) is 10.3. The molecule has 160 valence electrons. The molecule has 31 heavy (non-hydrogen) atoms. The number of hydrogen-bond acceptors (Lipinski definition) is 4. The Labute approximate surface area is 191 Å². The molecule has 0 aliphatic carbocycles. The predicted molar refractivity (Wildman–Crippen MR) is 124 cm³/mol. The quantitative estimate of drug-likeness (QED) is 0.456. The number of rotatable bonds is 7. The molecular formula is C24H22Cl2N2O3. The standard InChI is InChI=1S/C24H22Cl2N2O3/c1-15-12-13-18(25)22(21(15)26)27-19-11-7-6-10-17(19)23(29)28-20(24(30)31-2)14-16-8-4-3-5-9-16/h3-13,20,27H,14H2,1-2H3,(H,28,29)/t20-/m1/s1. The molecule has 0 radical (unpaired) electrons. The van der Waals surface area contributed by atoms with Crippen molar-refractivity contribution in [3.8, 4) is 0 Å². The summed E-state index contributed by atoms with van der Waals surface area (Å²) in [4.78, 5) is 25.4. The van der Waals surface area contributed by atoms with Crippen molar-refractivity contribution in [2.24, 2.45) is 0 Å². The lowest BCUT2D eigenvalue weighted by Crippen LogP contribution is -2.43. The van der Waals surface area contributed by atoms with E-state index in [9.17, 15) is 9.59 Å². The Morgan fingerprint density at radius 2 is 1.65 bits per heavy atom. The van der Waals surface area contributed by atoms with Crippen LogP contribution in [-0.4, -0.2) is 25.0 Å². The molecule has 0 heterocycles. The summed E-state index contributed by atoms with van der Waals surface area (Å²) in [6.07, 6.45) is 0.310. The van der Waals surface area contributed by atoms with E-state index in [2.05, 4.69) is 10.6 Å². The van der Waals surface area contributed by atoms with Gasteiger partial charge in [-0.2, -0.15) is 0 Å². The van der Waals surface area contributed by atoms with Crippen molar-refractivity contribution in [3.63, 3.8) is 0 Å². The van der Waals surface area contributed by atoms with Crippen molar-refractivity contribution in [2.75, 3.05) is 12.4 Å². The molecule has 0 aliphatic rings. The number of hydrogen-bond donors (Lipinski definition) is 2. The molecule has 1 atom stereocenters. The van der Waals surface area contributed by atoms with Crippen molar-refractivity contribution < 1.29 is 14.3 Å². The SMILES string of the molecule is COC(=O)[C@@H](Cc1ccccc1)NC(=O)c1ccccc1Nc1c(Cl)ccc(C)c1Cl. The molecule has 0 aliphatic heterocycles. The lowest BCUT2D eigenvalue weighted by atomic mass is 10.0. The number of benzene rings is 3. The van der Waals surface area contributed by atoms with Crippen LogP contribution in [0.25, 0.3) is 0 Å². The summed E-state index contributed by atoms with van der Waals surface area (Å²) < 4.78 is 4.89. The lowest BCUT2D eigenvalue weighted by molar-refractivity contribution is -0.142. The van der Waals surface area contributed by atoms with Crippen LogP contribution in [0.1, 0.15) is 21.5 Å². The van der Waals surface area contributed by atoms with Crippen molar-refractivity contribution in [2.45, 2.75) is 19.4 Å². The number of para-hydroxylation sites is 1.